The van der Waals surface area contributed by atoms with Gasteiger partial charge < -0.3 is 21.1 Å². The third-order valence-corrected chi connectivity index (χ3v) is 9.59. The van der Waals surface area contributed by atoms with Gasteiger partial charge in [-0.15, -0.1) is 10.8 Å². The fraction of sp³-hybridized carbons (Fsp3) is 0.387. The van der Waals surface area contributed by atoms with Gasteiger partial charge in [0.2, 0.25) is 0 Å². The highest BCUT2D eigenvalue weighted by Gasteiger charge is 2.33. The van der Waals surface area contributed by atoms with Crippen LogP contribution < -0.4 is 20.3 Å². The van der Waals surface area contributed by atoms with Gasteiger partial charge in [0.1, 0.15) is 0 Å². The number of aliphatic hydroxyl groups is 1. The SMILES string of the molecule is CCNc1cc(C(=O)N[C@@H](Cc2ccccc2)[C@@H](O)CNCc2ccc(Cl)c(C(F)(F)F)c2)cc(N2CCCCS2(O)O)c1. The van der Waals surface area contributed by atoms with E-state index in [2.05, 4.69) is 16.0 Å². The van der Waals surface area contributed by atoms with Crippen LogP contribution in [0.3, 0.4) is 0 Å². The summed E-state index contributed by atoms with van der Waals surface area (Å²) in [5, 5.41) is 19.9. The Morgan fingerprint density at radius 1 is 1.05 bits per heavy atom. The van der Waals surface area contributed by atoms with E-state index in [9.17, 15) is 32.2 Å². The van der Waals surface area contributed by atoms with Crippen LogP contribution in [-0.4, -0.2) is 57.7 Å². The van der Waals surface area contributed by atoms with Crippen molar-refractivity contribution in [1.82, 2.24) is 10.6 Å². The van der Waals surface area contributed by atoms with Crippen molar-refractivity contribution in [3.8, 4) is 0 Å². The minimum atomic E-state index is -4.59. The second-order valence-electron chi connectivity index (χ2n) is 10.7. The van der Waals surface area contributed by atoms with Gasteiger partial charge in [-0.3, -0.25) is 18.2 Å². The number of carbonyl (C=O) groups is 1. The molecule has 4 rings (SSSR count). The molecule has 13 heteroatoms. The van der Waals surface area contributed by atoms with Crippen molar-refractivity contribution in [2.45, 2.75) is 51.1 Å². The lowest BCUT2D eigenvalue weighted by molar-refractivity contribution is -0.137. The maximum absolute atomic E-state index is 13.6. The summed E-state index contributed by atoms with van der Waals surface area (Å²) in [7, 11) is -3.02. The van der Waals surface area contributed by atoms with E-state index in [1.807, 2.05) is 37.3 Å². The average molecular weight is 655 g/mol. The van der Waals surface area contributed by atoms with Crippen LogP contribution in [0.5, 0.6) is 0 Å². The summed E-state index contributed by atoms with van der Waals surface area (Å²) in [6.07, 6.45) is -3.91. The topological polar surface area (TPSA) is 117 Å². The first kappa shape index (κ1) is 33.9. The number of carbonyl (C=O) groups excluding carboxylic acids is 1. The van der Waals surface area contributed by atoms with E-state index in [1.165, 1.54) is 12.1 Å². The number of halogens is 4. The number of hydrogen-bond donors (Lipinski definition) is 6. The zero-order valence-electron chi connectivity index (χ0n) is 24.3. The molecule has 0 aliphatic carbocycles. The zero-order valence-corrected chi connectivity index (χ0v) is 25.9. The van der Waals surface area contributed by atoms with Crippen molar-refractivity contribution >= 4 is 39.7 Å². The standard InChI is InChI=1S/C31H38ClF3N4O4S/c1-2-37-24-16-23(17-25(18-24)39-12-6-7-13-44(39,42)43)30(41)38-28(15-21-8-4-3-5-9-21)29(40)20-36-19-22-10-11-27(32)26(14-22)31(33,34)35/h3-5,8-11,14,16-18,28-29,36-37,40,42-43H,2,6-7,12-13,15,19-20H2,1H3,(H,38,41)/t28-,29-/m0/s1. The van der Waals surface area contributed by atoms with Crippen molar-refractivity contribution in [2.24, 2.45) is 0 Å². The molecule has 1 aliphatic rings. The first-order valence-corrected chi connectivity index (χ1v) is 16.4. The molecule has 0 aromatic heterocycles. The van der Waals surface area contributed by atoms with Crippen LogP contribution in [0.2, 0.25) is 5.02 Å². The van der Waals surface area contributed by atoms with Crippen molar-refractivity contribution in [3.05, 3.63) is 94.0 Å². The summed E-state index contributed by atoms with van der Waals surface area (Å²) in [6, 6.07) is 17.2. The van der Waals surface area contributed by atoms with E-state index < -0.39 is 45.6 Å². The first-order valence-electron chi connectivity index (χ1n) is 14.4. The van der Waals surface area contributed by atoms with Crippen LogP contribution in [-0.2, 0) is 19.1 Å². The molecule has 1 saturated heterocycles. The van der Waals surface area contributed by atoms with Gasteiger partial charge in [0, 0.05) is 37.4 Å². The molecule has 0 unspecified atom stereocenters. The molecule has 1 fully saturated rings. The quantitative estimate of drug-likeness (QED) is 0.131. The zero-order chi connectivity index (χ0) is 31.9. The number of benzene rings is 3. The normalized spacial score (nSPS) is 17.0. The molecule has 6 N–H and O–H groups in total. The van der Waals surface area contributed by atoms with Gasteiger partial charge >= 0.3 is 6.18 Å². The highest BCUT2D eigenvalue weighted by atomic mass is 35.5. The maximum atomic E-state index is 13.6. The number of anilines is 2. The third kappa shape index (κ3) is 9.02. The van der Waals surface area contributed by atoms with E-state index in [0.29, 0.717) is 42.9 Å². The molecule has 240 valence electrons. The van der Waals surface area contributed by atoms with Crippen LogP contribution in [0.1, 0.15) is 46.8 Å². The van der Waals surface area contributed by atoms with E-state index in [4.69, 9.17) is 11.6 Å². The Labute approximate surface area is 262 Å². The number of hydrogen-bond acceptors (Lipinski definition) is 7. The van der Waals surface area contributed by atoms with E-state index in [-0.39, 0.29) is 24.4 Å². The molecule has 0 bridgehead atoms. The number of nitrogens with zero attached hydrogens (tertiary/aromatic N) is 1. The Hall–Kier alpha value is -3.00. The summed E-state index contributed by atoms with van der Waals surface area (Å²) in [6.45, 7) is 2.96. The molecule has 3 aromatic carbocycles. The van der Waals surface area contributed by atoms with Gasteiger partial charge in [-0.1, -0.05) is 48.0 Å². The van der Waals surface area contributed by atoms with E-state index in [1.54, 1.807) is 22.5 Å². The predicted molar refractivity (Wildman–Crippen MR) is 170 cm³/mol. The monoisotopic (exact) mass is 654 g/mol. The van der Waals surface area contributed by atoms with Crippen molar-refractivity contribution in [1.29, 1.82) is 0 Å². The Bertz CT molecular complexity index is 1410. The lowest BCUT2D eigenvalue weighted by Gasteiger charge is -2.47. The summed E-state index contributed by atoms with van der Waals surface area (Å²) in [4.78, 5) is 13.6. The number of nitrogens with one attached hydrogen (secondary N) is 3. The molecule has 0 spiro atoms. The Morgan fingerprint density at radius 3 is 2.48 bits per heavy atom. The third-order valence-electron chi connectivity index (χ3n) is 7.33. The molecule has 1 heterocycles. The maximum Gasteiger partial charge on any atom is 0.417 e. The minimum absolute atomic E-state index is 0.0148. The van der Waals surface area contributed by atoms with Crippen LogP contribution in [0, 0.1) is 0 Å². The molecule has 2 atom stereocenters. The highest BCUT2D eigenvalue weighted by Crippen LogP contribution is 2.50. The van der Waals surface area contributed by atoms with Crippen LogP contribution >= 0.6 is 22.4 Å². The summed E-state index contributed by atoms with van der Waals surface area (Å²) in [5.41, 5.74) is 1.70. The summed E-state index contributed by atoms with van der Waals surface area (Å²) < 4.78 is 62.8. The van der Waals surface area contributed by atoms with Crippen LogP contribution in [0.15, 0.2) is 66.7 Å². The van der Waals surface area contributed by atoms with Crippen LogP contribution in [0.25, 0.3) is 0 Å². The van der Waals surface area contributed by atoms with E-state index in [0.717, 1.165) is 18.1 Å². The van der Waals surface area contributed by atoms with Gasteiger partial charge in [-0.05, 0) is 67.6 Å². The molecule has 1 aliphatic heterocycles. The fourth-order valence-corrected chi connectivity index (χ4v) is 7.01. The number of alkyl halides is 3. The molecular weight excluding hydrogens is 617 g/mol. The van der Waals surface area contributed by atoms with Gasteiger partial charge in [0.15, 0.2) is 0 Å². The summed E-state index contributed by atoms with van der Waals surface area (Å²) >= 11 is 5.73. The first-order chi connectivity index (χ1) is 20.9. The Kier molecular flexibility index (Phi) is 11.4. The van der Waals surface area contributed by atoms with Gasteiger partial charge in [0.05, 0.1) is 34.2 Å². The second kappa shape index (κ2) is 14.9. The minimum Gasteiger partial charge on any atom is -0.390 e. The Balaban J connectivity index is 1.52. The van der Waals surface area contributed by atoms with Gasteiger partial charge in [-0.2, -0.15) is 13.2 Å². The highest BCUT2D eigenvalue weighted by molar-refractivity contribution is 8.25. The number of amides is 1. The van der Waals surface area contributed by atoms with Crippen molar-refractivity contribution in [2.75, 3.05) is 35.0 Å². The molecule has 44 heavy (non-hydrogen) atoms. The largest absolute Gasteiger partial charge is 0.417 e. The lowest BCUT2D eigenvalue weighted by atomic mass is 10.00. The lowest BCUT2D eigenvalue weighted by Crippen LogP contribution is -2.48. The predicted octanol–water partition coefficient (Wildman–Crippen LogP) is 6.55. The van der Waals surface area contributed by atoms with E-state index >= 15 is 0 Å². The molecule has 8 nitrogen and oxygen atoms in total. The molecule has 0 saturated carbocycles. The molecular formula is C31H38ClF3N4O4S. The van der Waals surface area contributed by atoms with Crippen molar-refractivity contribution in [3.63, 3.8) is 0 Å². The number of aliphatic hydroxyl groups excluding tert-OH is 1. The average Bonchev–Trinajstić information content (AvgIpc) is 2.97. The molecule has 3 aromatic rings. The fourth-order valence-electron chi connectivity index (χ4n) is 5.11. The summed E-state index contributed by atoms with van der Waals surface area (Å²) in [5.74, 6) is -0.210. The van der Waals surface area contributed by atoms with Gasteiger partial charge in [-0.25, -0.2) is 0 Å². The molecule has 0 radical (unpaired) electrons. The van der Waals surface area contributed by atoms with Crippen LogP contribution in [0.4, 0.5) is 24.5 Å². The smallest absolute Gasteiger partial charge is 0.390 e. The second-order valence-corrected chi connectivity index (χ2v) is 13.2. The van der Waals surface area contributed by atoms with Crippen molar-refractivity contribution < 1.29 is 32.2 Å². The van der Waals surface area contributed by atoms with Gasteiger partial charge in [0.25, 0.3) is 5.91 Å². The molecule has 1 amide bonds. The number of rotatable bonds is 12. The Morgan fingerprint density at radius 2 is 1.80 bits per heavy atom.